The third kappa shape index (κ3) is 5.45. The molecule has 20 heavy (non-hydrogen) atoms. The number of amides is 2. The van der Waals surface area contributed by atoms with E-state index in [0.717, 1.165) is 0 Å². The Balaban J connectivity index is 2.41. The second kappa shape index (κ2) is 7.85. The van der Waals surface area contributed by atoms with Crippen LogP contribution in [0.15, 0.2) is 48.6 Å². The Morgan fingerprint density at radius 2 is 2.00 bits per heavy atom. The van der Waals surface area contributed by atoms with Crippen molar-refractivity contribution in [2.75, 3.05) is 6.54 Å². The molecule has 0 aliphatic carbocycles. The van der Waals surface area contributed by atoms with Gasteiger partial charge in [0, 0.05) is 12.6 Å². The number of benzene rings is 1. The van der Waals surface area contributed by atoms with Crippen LogP contribution in [0.25, 0.3) is 0 Å². The molecule has 0 spiro atoms. The number of hydrogen-bond donors (Lipinski definition) is 3. The van der Waals surface area contributed by atoms with Crippen LogP contribution < -0.4 is 16.6 Å². The zero-order chi connectivity index (χ0) is 15.0. The topological polar surface area (TPSA) is 84.2 Å². The van der Waals surface area contributed by atoms with Crippen LogP contribution in [-0.4, -0.2) is 18.4 Å². The first-order chi connectivity index (χ1) is 9.52. The molecule has 106 valence electrons. The summed E-state index contributed by atoms with van der Waals surface area (Å²) in [5, 5.41) is 2.58. The Bertz CT molecular complexity index is 541. The maximum Gasteiger partial charge on any atom is 0.257 e. The highest BCUT2D eigenvalue weighted by Crippen LogP contribution is 2.06. The molecule has 4 N–H and O–H groups in total. The van der Waals surface area contributed by atoms with Gasteiger partial charge < -0.3 is 5.32 Å². The van der Waals surface area contributed by atoms with E-state index >= 15 is 0 Å². The Hall–Kier alpha value is -2.47. The second-order valence-corrected chi connectivity index (χ2v) is 4.05. The van der Waals surface area contributed by atoms with Crippen molar-refractivity contribution in [2.45, 2.75) is 6.42 Å². The molecule has 1 aromatic rings. The summed E-state index contributed by atoms with van der Waals surface area (Å²) < 4.78 is 13.3. The van der Waals surface area contributed by atoms with Gasteiger partial charge in [0.1, 0.15) is 5.82 Å². The molecule has 0 unspecified atom stereocenters. The lowest BCUT2D eigenvalue weighted by Gasteiger charge is -2.06. The average Bonchev–Trinajstić information content (AvgIpc) is 2.45. The molecular weight excluding hydrogens is 261 g/mol. The number of rotatable bonds is 6. The van der Waals surface area contributed by atoms with Gasteiger partial charge in [0.05, 0.1) is 6.42 Å². The van der Waals surface area contributed by atoms with Gasteiger partial charge in [-0.25, -0.2) is 10.2 Å². The van der Waals surface area contributed by atoms with Crippen LogP contribution in [0.1, 0.15) is 5.56 Å². The van der Waals surface area contributed by atoms with Crippen LogP contribution in [0.4, 0.5) is 4.39 Å². The molecule has 0 fully saturated rings. The Morgan fingerprint density at radius 3 is 2.65 bits per heavy atom. The van der Waals surface area contributed by atoms with Crippen LogP contribution in [0.2, 0.25) is 0 Å². The van der Waals surface area contributed by atoms with Crippen LogP contribution in [0, 0.1) is 5.82 Å². The van der Waals surface area contributed by atoms with E-state index in [4.69, 9.17) is 5.84 Å². The van der Waals surface area contributed by atoms with Gasteiger partial charge in [0.2, 0.25) is 5.91 Å². The van der Waals surface area contributed by atoms with Crippen molar-refractivity contribution < 1.29 is 14.0 Å². The van der Waals surface area contributed by atoms with E-state index in [-0.39, 0.29) is 18.9 Å². The summed E-state index contributed by atoms with van der Waals surface area (Å²) in [5.41, 5.74) is 2.78. The minimum Gasteiger partial charge on any atom is -0.352 e. The largest absolute Gasteiger partial charge is 0.352 e. The van der Waals surface area contributed by atoms with Gasteiger partial charge in [0.15, 0.2) is 0 Å². The predicted octanol–water partition coefficient (Wildman–Crippen LogP) is 0.587. The highest BCUT2D eigenvalue weighted by atomic mass is 19.1. The fourth-order valence-electron chi connectivity index (χ4n) is 1.39. The maximum atomic E-state index is 13.3. The van der Waals surface area contributed by atoms with E-state index in [1.807, 2.05) is 5.43 Å². The van der Waals surface area contributed by atoms with Gasteiger partial charge in [0.25, 0.3) is 5.91 Å². The standard InChI is InChI=1S/C14H16FN3O2/c1-10(6-7-13(19)18-16)9-17-14(20)8-11-4-2-3-5-12(11)15/h2-7H,1,8-9,16H2,(H,17,20)(H,18,19)/b7-6-. The van der Waals surface area contributed by atoms with Gasteiger partial charge in [-0.05, 0) is 17.2 Å². The smallest absolute Gasteiger partial charge is 0.257 e. The maximum absolute atomic E-state index is 13.3. The zero-order valence-electron chi connectivity index (χ0n) is 10.9. The van der Waals surface area contributed by atoms with Gasteiger partial charge in [-0.1, -0.05) is 30.9 Å². The molecule has 0 heterocycles. The number of nitrogens with two attached hydrogens (primary N) is 1. The van der Waals surface area contributed by atoms with Crippen LogP contribution in [0.3, 0.4) is 0 Å². The van der Waals surface area contributed by atoms with Crippen molar-refractivity contribution in [3.63, 3.8) is 0 Å². The first-order valence-electron chi connectivity index (χ1n) is 5.89. The third-order valence-corrected chi connectivity index (χ3v) is 2.43. The van der Waals surface area contributed by atoms with Gasteiger partial charge in [-0.3, -0.25) is 15.0 Å². The number of hydrogen-bond acceptors (Lipinski definition) is 3. The molecule has 0 saturated carbocycles. The molecule has 5 nitrogen and oxygen atoms in total. The Kier molecular flexibility index (Phi) is 6.12. The summed E-state index contributed by atoms with van der Waals surface area (Å²) in [7, 11) is 0. The van der Waals surface area contributed by atoms with Crippen molar-refractivity contribution in [1.82, 2.24) is 10.7 Å². The molecule has 1 aromatic carbocycles. The molecule has 0 atom stereocenters. The fraction of sp³-hybridized carbons (Fsp3) is 0.143. The van der Waals surface area contributed by atoms with Crippen LogP contribution in [-0.2, 0) is 16.0 Å². The van der Waals surface area contributed by atoms with E-state index in [1.54, 1.807) is 18.2 Å². The minimum atomic E-state index is -0.469. The average molecular weight is 277 g/mol. The zero-order valence-corrected chi connectivity index (χ0v) is 10.9. The monoisotopic (exact) mass is 277 g/mol. The number of hydrazine groups is 1. The molecule has 0 aliphatic rings. The summed E-state index contributed by atoms with van der Waals surface area (Å²) in [4.78, 5) is 22.5. The van der Waals surface area contributed by atoms with Crippen molar-refractivity contribution >= 4 is 11.8 Å². The van der Waals surface area contributed by atoms with E-state index in [1.165, 1.54) is 18.2 Å². The lowest BCUT2D eigenvalue weighted by Crippen LogP contribution is -2.28. The highest BCUT2D eigenvalue weighted by Gasteiger charge is 2.07. The van der Waals surface area contributed by atoms with Gasteiger partial charge in [-0.2, -0.15) is 0 Å². The summed E-state index contributed by atoms with van der Waals surface area (Å²) in [6, 6.07) is 6.08. The molecule has 0 bridgehead atoms. The molecular formula is C14H16FN3O2. The summed E-state index contributed by atoms with van der Waals surface area (Å²) in [6.07, 6.45) is 2.59. The van der Waals surface area contributed by atoms with Gasteiger partial charge >= 0.3 is 0 Å². The van der Waals surface area contributed by atoms with Gasteiger partial charge in [-0.15, -0.1) is 0 Å². The van der Waals surface area contributed by atoms with Crippen LogP contribution >= 0.6 is 0 Å². The van der Waals surface area contributed by atoms with E-state index in [0.29, 0.717) is 11.1 Å². The summed E-state index contributed by atoms with van der Waals surface area (Å²) >= 11 is 0. The van der Waals surface area contributed by atoms with Crippen molar-refractivity contribution in [2.24, 2.45) is 5.84 Å². The lowest BCUT2D eigenvalue weighted by molar-refractivity contribution is -0.120. The number of carbonyl (C=O) groups is 2. The van der Waals surface area contributed by atoms with Crippen molar-refractivity contribution in [1.29, 1.82) is 0 Å². The Labute approximate surface area is 116 Å². The number of halogens is 1. The third-order valence-electron chi connectivity index (χ3n) is 2.43. The normalized spacial score (nSPS) is 10.3. The lowest BCUT2D eigenvalue weighted by atomic mass is 10.1. The number of nitrogens with one attached hydrogen (secondary N) is 2. The Morgan fingerprint density at radius 1 is 1.30 bits per heavy atom. The number of carbonyl (C=O) groups excluding carboxylic acids is 2. The minimum absolute atomic E-state index is 0.0487. The van der Waals surface area contributed by atoms with Crippen molar-refractivity contribution in [3.05, 3.63) is 60.0 Å². The first-order valence-corrected chi connectivity index (χ1v) is 5.89. The van der Waals surface area contributed by atoms with E-state index < -0.39 is 11.7 Å². The first kappa shape index (κ1) is 15.6. The summed E-state index contributed by atoms with van der Waals surface area (Å²) in [5.74, 6) is 3.68. The van der Waals surface area contributed by atoms with E-state index in [2.05, 4.69) is 11.9 Å². The molecule has 0 saturated heterocycles. The van der Waals surface area contributed by atoms with E-state index in [9.17, 15) is 14.0 Å². The van der Waals surface area contributed by atoms with Crippen molar-refractivity contribution in [3.8, 4) is 0 Å². The SMILES string of the molecule is C=C(/C=C\C(=O)NN)CNC(=O)Cc1ccccc1F. The molecule has 0 aliphatic heterocycles. The molecule has 0 aromatic heterocycles. The highest BCUT2D eigenvalue weighted by molar-refractivity contribution is 5.87. The fourth-order valence-corrected chi connectivity index (χ4v) is 1.39. The molecule has 6 heteroatoms. The summed E-state index contributed by atoms with van der Waals surface area (Å²) in [6.45, 7) is 3.83. The second-order valence-electron chi connectivity index (χ2n) is 4.05. The quantitative estimate of drug-likeness (QED) is 0.234. The predicted molar refractivity (Wildman–Crippen MR) is 73.7 cm³/mol. The molecule has 1 rings (SSSR count). The molecule has 2 amide bonds. The molecule has 0 radical (unpaired) electrons. The van der Waals surface area contributed by atoms with Crippen LogP contribution in [0.5, 0.6) is 0 Å².